The van der Waals surface area contributed by atoms with Gasteiger partial charge in [-0.2, -0.15) is 5.10 Å². The van der Waals surface area contributed by atoms with Crippen molar-refractivity contribution in [2.75, 3.05) is 19.6 Å². The van der Waals surface area contributed by atoms with Gasteiger partial charge in [-0.05, 0) is 43.9 Å². The third-order valence-electron chi connectivity index (χ3n) is 5.27. The summed E-state index contributed by atoms with van der Waals surface area (Å²) in [6.07, 6.45) is 0. The van der Waals surface area contributed by atoms with Crippen LogP contribution in [0, 0.1) is 11.7 Å². The van der Waals surface area contributed by atoms with Crippen molar-refractivity contribution in [1.82, 2.24) is 25.0 Å². The largest absolute Gasteiger partial charge is 0.353 e. The summed E-state index contributed by atoms with van der Waals surface area (Å²) in [4.78, 5) is 15.2. The molecule has 0 bridgehead atoms. The molecule has 0 aliphatic heterocycles. The molecule has 0 aliphatic rings. The minimum Gasteiger partial charge on any atom is -0.353 e. The summed E-state index contributed by atoms with van der Waals surface area (Å²) in [6.45, 7) is 8.79. The Kier molecular flexibility index (Phi) is 7.54. The molecular formula is C23H29N5OS. The second-order valence-corrected chi connectivity index (χ2v) is 7.65. The lowest BCUT2D eigenvalue weighted by Gasteiger charge is -2.30. The first-order chi connectivity index (χ1) is 14.5. The molecule has 158 valence electrons. The highest BCUT2D eigenvalue weighted by Gasteiger charge is 2.19. The SMILES string of the molecule is CCN(CC)C(CNC(=O)Cn1c(-c2cccc(C)c2)n[nH]c1=S)c1ccccc1. The fourth-order valence-corrected chi connectivity index (χ4v) is 3.87. The monoisotopic (exact) mass is 423 g/mol. The maximum Gasteiger partial charge on any atom is 0.240 e. The molecule has 0 radical (unpaired) electrons. The molecule has 0 fully saturated rings. The summed E-state index contributed by atoms with van der Waals surface area (Å²) in [5.74, 6) is 0.580. The van der Waals surface area contributed by atoms with E-state index in [0.29, 0.717) is 17.1 Å². The fraction of sp³-hybridized carbons (Fsp3) is 0.348. The number of likely N-dealkylation sites (N-methyl/N-ethyl adjacent to an activating group) is 1. The molecule has 7 heteroatoms. The summed E-state index contributed by atoms with van der Waals surface area (Å²) in [5, 5.41) is 10.2. The maximum absolute atomic E-state index is 12.8. The number of hydrogen-bond donors (Lipinski definition) is 2. The highest BCUT2D eigenvalue weighted by molar-refractivity contribution is 7.71. The van der Waals surface area contributed by atoms with E-state index < -0.39 is 0 Å². The van der Waals surface area contributed by atoms with Crippen molar-refractivity contribution in [3.63, 3.8) is 0 Å². The number of aryl methyl sites for hydroxylation is 1. The average molecular weight is 424 g/mol. The Labute approximate surface area is 182 Å². The molecule has 6 nitrogen and oxygen atoms in total. The van der Waals surface area contributed by atoms with Gasteiger partial charge in [0.2, 0.25) is 5.91 Å². The van der Waals surface area contributed by atoms with E-state index in [1.807, 2.05) is 49.4 Å². The zero-order chi connectivity index (χ0) is 21.5. The predicted molar refractivity (Wildman–Crippen MR) is 123 cm³/mol. The summed E-state index contributed by atoms with van der Waals surface area (Å²) in [5.41, 5.74) is 3.25. The van der Waals surface area contributed by atoms with Crippen molar-refractivity contribution < 1.29 is 4.79 Å². The molecule has 1 aromatic heterocycles. The van der Waals surface area contributed by atoms with Gasteiger partial charge >= 0.3 is 0 Å². The van der Waals surface area contributed by atoms with Gasteiger partial charge in [0.25, 0.3) is 0 Å². The Morgan fingerprint density at radius 2 is 1.90 bits per heavy atom. The number of amides is 1. The molecule has 0 aliphatic carbocycles. The minimum absolute atomic E-state index is 0.0884. The molecule has 1 atom stereocenters. The molecule has 0 saturated heterocycles. The highest BCUT2D eigenvalue weighted by Crippen LogP contribution is 2.20. The van der Waals surface area contributed by atoms with Gasteiger partial charge in [-0.15, -0.1) is 0 Å². The van der Waals surface area contributed by atoms with Crippen molar-refractivity contribution >= 4 is 18.1 Å². The molecule has 2 N–H and O–H groups in total. The van der Waals surface area contributed by atoms with Crippen LogP contribution in [0.15, 0.2) is 54.6 Å². The van der Waals surface area contributed by atoms with Crippen molar-refractivity contribution in [3.05, 3.63) is 70.5 Å². The first kappa shape index (κ1) is 21.9. The van der Waals surface area contributed by atoms with E-state index in [9.17, 15) is 4.79 Å². The lowest BCUT2D eigenvalue weighted by atomic mass is 10.1. The van der Waals surface area contributed by atoms with E-state index in [1.165, 1.54) is 5.56 Å². The van der Waals surface area contributed by atoms with E-state index in [1.54, 1.807) is 4.57 Å². The zero-order valence-corrected chi connectivity index (χ0v) is 18.6. The van der Waals surface area contributed by atoms with Crippen LogP contribution in [0.4, 0.5) is 0 Å². The number of nitrogens with zero attached hydrogens (tertiary/aromatic N) is 3. The van der Waals surface area contributed by atoms with Gasteiger partial charge < -0.3 is 5.32 Å². The molecule has 1 unspecified atom stereocenters. The first-order valence-electron chi connectivity index (χ1n) is 10.3. The minimum atomic E-state index is -0.0884. The molecule has 2 aromatic carbocycles. The van der Waals surface area contributed by atoms with Crippen LogP contribution in [0.25, 0.3) is 11.4 Å². The number of H-pyrrole nitrogens is 1. The topological polar surface area (TPSA) is 66.0 Å². The van der Waals surface area contributed by atoms with Crippen LogP contribution < -0.4 is 5.32 Å². The lowest BCUT2D eigenvalue weighted by molar-refractivity contribution is -0.121. The Bertz CT molecular complexity index is 1020. The van der Waals surface area contributed by atoms with Crippen molar-refractivity contribution in [1.29, 1.82) is 0 Å². The van der Waals surface area contributed by atoms with Crippen LogP contribution in [0.5, 0.6) is 0 Å². The molecule has 0 spiro atoms. The first-order valence-corrected chi connectivity index (χ1v) is 10.7. The van der Waals surface area contributed by atoms with Gasteiger partial charge in [0.05, 0.1) is 6.04 Å². The van der Waals surface area contributed by atoms with Crippen LogP contribution in [-0.4, -0.2) is 45.2 Å². The second-order valence-electron chi connectivity index (χ2n) is 7.26. The molecule has 30 heavy (non-hydrogen) atoms. The number of benzene rings is 2. The van der Waals surface area contributed by atoms with Gasteiger partial charge in [-0.25, -0.2) is 0 Å². The molecule has 0 saturated carbocycles. The van der Waals surface area contributed by atoms with Crippen molar-refractivity contribution in [3.8, 4) is 11.4 Å². The number of hydrogen-bond acceptors (Lipinski definition) is 4. The van der Waals surface area contributed by atoms with Gasteiger partial charge in [0.1, 0.15) is 6.54 Å². The summed E-state index contributed by atoms with van der Waals surface area (Å²) in [6, 6.07) is 18.4. The number of aromatic nitrogens is 3. The number of rotatable bonds is 9. The van der Waals surface area contributed by atoms with Crippen LogP contribution in [0.2, 0.25) is 0 Å². The fourth-order valence-electron chi connectivity index (χ4n) is 3.68. The van der Waals surface area contributed by atoms with E-state index in [0.717, 1.165) is 24.2 Å². The number of carbonyl (C=O) groups excluding carboxylic acids is 1. The quantitative estimate of drug-likeness (QED) is 0.508. The van der Waals surface area contributed by atoms with E-state index in [-0.39, 0.29) is 18.5 Å². The Morgan fingerprint density at radius 3 is 2.57 bits per heavy atom. The summed E-state index contributed by atoms with van der Waals surface area (Å²) < 4.78 is 2.18. The highest BCUT2D eigenvalue weighted by atomic mass is 32.1. The molecule has 3 rings (SSSR count). The second kappa shape index (κ2) is 10.3. The molecule has 1 amide bonds. The maximum atomic E-state index is 12.8. The smallest absolute Gasteiger partial charge is 0.240 e. The third kappa shape index (κ3) is 5.23. The zero-order valence-electron chi connectivity index (χ0n) is 17.8. The van der Waals surface area contributed by atoms with Crippen LogP contribution >= 0.6 is 12.2 Å². The van der Waals surface area contributed by atoms with Gasteiger partial charge in [-0.3, -0.25) is 19.4 Å². The van der Waals surface area contributed by atoms with E-state index in [4.69, 9.17) is 12.2 Å². The average Bonchev–Trinajstić information content (AvgIpc) is 3.12. The Balaban J connectivity index is 1.74. The number of aromatic amines is 1. The summed E-state index contributed by atoms with van der Waals surface area (Å²) in [7, 11) is 0. The standard InChI is InChI=1S/C23H29N5OS/c1-4-27(5-2)20(18-11-7-6-8-12-18)15-24-21(29)16-28-22(25-26-23(28)30)19-13-9-10-17(3)14-19/h6-14,20H,4-5,15-16H2,1-3H3,(H,24,29)(H,26,30). The summed E-state index contributed by atoms with van der Waals surface area (Å²) >= 11 is 5.37. The van der Waals surface area contributed by atoms with E-state index >= 15 is 0 Å². The third-order valence-corrected chi connectivity index (χ3v) is 5.58. The Morgan fingerprint density at radius 1 is 1.17 bits per heavy atom. The van der Waals surface area contributed by atoms with Crippen molar-refractivity contribution in [2.45, 2.75) is 33.4 Å². The van der Waals surface area contributed by atoms with Gasteiger partial charge in [0.15, 0.2) is 10.6 Å². The Hall–Kier alpha value is -2.77. The molecular weight excluding hydrogens is 394 g/mol. The van der Waals surface area contributed by atoms with Gasteiger partial charge in [0, 0.05) is 12.1 Å². The number of carbonyl (C=O) groups is 1. The lowest BCUT2D eigenvalue weighted by Crippen LogP contribution is -2.39. The molecule has 3 aromatic rings. The van der Waals surface area contributed by atoms with Crippen LogP contribution in [0.3, 0.4) is 0 Å². The normalized spacial score (nSPS) is 12.1. The predicted octanol–water partition coefficient (Wildman–Crippen LogP) is 4.12. The van der Waals surface area contributed by atoms with E-state index in [2.05, 4.69) is 46.4 Å². The van der Waals surface area contributed by atoms with Crippen molar-refractivity contribution in [2.24, 2.45) is 0 Å². The van der Waals surface area contributed by atoms with Crippen LogP contribution in [0.1, 0.15) is 31.0 Å². The molecule has 1 heterocycles. The van der Waals surface area contributed by atoms with Gasteiger partial charge in [-0.1, -0.05) is 67.9 Å². The van der Waals surface area contributed by atoms with Crippen LogP contribution in [-0.2, 0) is 11.3 Å². The number of nitrogens with one attached hydrogen (secondary N) is 2.